The number of carbonyl (C=O) groups excluding carboxylic acids is 1. The Kier molecular flexibility index (Phi) is 4.35. The van der Waals surface area contributed by atoms with Crippen LogP contribution >= 0.6 is 0 Å². The third-order valence-corrected chi connectivity index (χ3v) is 3.13. The molecule has 1 aromatic carbocycles. The number of pyridine rings is 1. The molecule has 1 heterocycles. The third kappa shape index (κ3) is 3.15. The van der Waals surface area contributed by atoms with E-state index in [1.54, 1.807) is 19.4 Å². The molecule has 104 valence electrons. The van der Waals surface area contributed by atoms with Crippen molar-refractivity contribution in [2.45, 2.75) is 19.9 Å². The van der Waals surface area contributed by atoms with Crippen LogP contribution in [0.2, 0.25) is 0 Å². The second-order valence-corrected chi connectivity index (χ2v) is 4.63. The van der Waals surface area contributed by atoms with Gasteiger partial charge in [0.05, 0.1) is 18.7 Å². The Morgan fingerprint density at radius 3 is 2.65 bits per heavy atom. The highest BCUT2D eigenvalue weighted by Crippen LogP contribution is 2.24. The Bertz CT molecular complexity index is 594. The number of nitrogens with one attached hydrogen (secondary N) is 1. The number of benzene rings is 1. The van der Waals surface area contributed by atoms with Gasteiger partial charge in [-0.3, -0.25) is 9.78 Å². The Labute approximate surface area is 118 Å². The molecule has 0 fully saturated rings. The number of carbonyl (C=O) groups is 1. The molecule has 1 N–H and O–H groups in total. The Balaban J connectivity index is 2.13. The zero-order chi connectivity index (χ0) is 14.5. The number of hydrogen-bond donors (Lipinski definition) is 1. The molecular formula is C16H18N2O2. The number of methoxy groups -OCH3 is 1. The minimum absolute atomic E-state index is 0.139. The van der Waals surface area contributed by atoms with Crippen molar-refractivity contribution < 1.29 is 9.53 Å². The van der Waals surface area contributed by atoms with Gasteiger partial charge in [0.25, 0.3) is 5.91 Å². The van der Waals surface area contributed by atoms with E-state index in [1.165, 1.54) is 0 Å². The van der Waals surface area contributed by atoms with Gasteiger partial charge in [0, 0.05) is 17.5 Å². The summed E-state index contributed by atoms with van der Waals surface area (Å²) < 4.78 is 5.31. The maximum Gasteiger partial charge on any atom is 0.253 e. The molecule has 2 rings (SSSR count). The highest BCUT2D eigenvalue weighted by atomic mass is 16.5. The summed E-state index contributed by atoms with van der Waals surface area (Å²) in [5, 5.41) is 2.95. The van der Waals surface area contributed by atoms with Crippen molar-refractivity contribution >= 4 is 5.91 Å². The van der Waals surface area contributed by atoms with Gasteiger partial charge in [-0.15, -0.1) is 0 Å². The summed E-state index contributed by atoms with van der Waals surface area (Å²) in [6.07, 6.45) is 1.58. The third-order valence-electron chi connectivity index (χ3n) is 3.13. The Morgan fingerprint density at radius 1 is 1.25 bits per heavy atom. The molecule has 0 unspecified atom stereocenters. The van der Waals surface area contributed by atoms with Crippen LogP contribution in [0.3, 0.4) is 0 Å². The van der Waals surface area contributed by atoms with Gasteiger partial charge in [0.15, 0.2) is 0 Å². The number of aromatic nitrogens is 1. The van der Waals surface area contributed by atoms with Crippen LogP contribution in [0.5, 0.6) is 5.75 Å². The summed E-state index contributed by atoms with van der Waals surface area (Å²) in [6.45, 7) is 3.82. The van der Waals surface area contributed by atoms with Crippen LogP contribution in [0.25, 0.3) is 0 Å². The molecule has 0 radical (unpaired) electrons. The first kappa shape index (κ1) is 14.1. The normalized spacial score (nSPS) is 11.8. The van der Waals surface area contributed by atoms with Gasteiger partial charge in [-0.25, -0.2) is 0 Å². The maximum absolute atomic E-state index is 12.1. The zero-order valence-electron chi connectivity index (χ0n) is 11.9. The Morgan fingerprint density at radius 2 is 2.00 bits per heavy atom. The molecule has 0 aliphatic rings. The summed E-state index contributed by atoms with van der Waals surface area (Å²) >= 11 is 0. The highest BCUT2D eigenvalue weighted by Gasteiger charge is 2.14. The maximum atomic E-state index is 12.1. The average molecular weight is 270 g/mol. The largest absolute Gasteiger partial charge is 0.496 e. The number of aryl methyl sites for hydroxylation is 1. The number of nitrogens with zero attached hydrogens (tertiary/aromatic N) is 1. The van der Waals surface area contributed by atoms with E-state index in [0.717, 1.165) is 17.0 Å². The van der Waals surface area contributed by atoms with E-state index in [-0.39, 0.29) is 11.9 Å². The van der Waals surface area contributed by atoms with Crippen LogP contribution < -0.4 is 10.1 Å². The Hall–Kier alpha value is -2.36. The van der Waals surface area contributed by atoms with Gasteiger partial charge < -0.3 is 10.1 Å². The SMILES string of the molecule is COc1ccccc1[C@H](C)NC(=O)c1ccc(C)nc1. The van der Waals surface area contributed by atoms with Gasteiger partial charge >= 0.3 is 0 Å². The van der Waals surface area contributed by atoms with Crippen molar-refractivity contribution in [3.8, 4) is 5.75 Å². The number of ether oxygens (including phenoxy) is 1. The number of amides is 1. The lowest BCUT2D eigenvalue weighted by Gasteiger charge is -2.17. The van der Waals surface area contributed by atoms with Gasteiger partial charge in [-0.2, -0.15) is 0 Å². The van der Waals surface area contributed by atoms with E-state index in [2.05, 4.69) is 10.3 Å². The molecule has 1 atom stereocenters. The fraction of sp³-hybridized carbons (Fsp3) is 0.250. The van der Waals surface area contributed by atoms with E-state index < -0.39 is 0 Å². The van der Waals surface area contributed by atoms with Crippen LogP contribution in [-0.4, -0.2) is 18.0 Å². The van der Waals surface area contributed by atoms with Gasteiger partial charge in [0.1, 0.15) is 5.75 Å². The first-order valence-electron chi connectivity index (χ1n) is 6.48. The van der Waals surface area contributed by atoms with Gasteiger partial charge in [-0.1, -0.05) is 18.2 Å². The lowest BCUT2D eigenvalue weighted by molar-refractivity contribution is 0.0939. The first-order valence-corrected chi connectivity index (χ1v) is 6.48. The summed E-state index contributed by atoms with van der Waals surface area (Å²) in [6, 6.07) is 11.1. The summed E-state index contributed by atoms with van der Waals surface area (Å²) in [7, 11) is 1.62. The van der Waals surface area contributed by atoms with Crippen LogP contribution in [-0.2, 0) is 0 Å². The second kappa shape index (κ2) is 6.19. The smallest absolute Gasteiger partial charge is 0.253 e. The molecule has 2 aromatic rings. The standard InChI is InChI=1S/C16H18N2O2/c1-11-8-9-13(10-17-11)16(19)18-12(2)14-6-4-5-7-15(14)20-3/h4-10,12H,1-3H3,(H,18,19)/t12-/m0/s1. The fourth-order valence-electron chi connectivity index (χ4n) is 1.98. The monoisotopic (exact) mass is 270 g/mol. The van der Waals surface area contributed by atoms with E-state index >= 15 is 0 Å². The number of hydrogen-bond acceptors (Lipinski definition) is 3. The molecule has 1 aromatic heterocycles. The van der Waals surface area contributed by atoms with E-state index in [1.807, 2.05) is 44.2 Å². The van der Waals surface area contributed by atoms with Crippen molar-refractivity contribution in [1.29, 1.82) is 0 Å². The zero-order valence-corrected chi connectivity index (χ0v) is 11.9. The minimum atomic E-state index is -0.143. The molecule has 4 heteroatoms. The quantitative estimate of drug-likeness (QED) is 0.929. The molecule has 0 saturated heterocycles. The summed E-state index contributed by atoms with van der Waals surface area (Å²) in [5.74, 6) is 0.623. The van der Waals surface area contributed by atoms with E-state index in [4.69, 9.17) is 4.74 Å². The average Bonchev–Trinajstić information content (AvgIpc) is 2.47. The molecule has 1 amide bonds. The van der Waals surface area contributed by atoms with Crippen molar-refractivity contribution in [2.75, 3.05) is 7.11 Å². The molecule has 0 bridgehead atoms. The molecule has 20 heavy (non-hydrogen) atoms. The van der Waals surface area contributed by atoms with Crippen molar-refractivity contribution in [3.05, 3.63) is 59.4 Å². The molecule has 0 saturated carbocycles. The van der Waals surface area contributed by atoms with Crippen LogP contribution in [0.1, 0.15) is 34.6 Å². The number of rotatable bonds is 4. The summed E-state index contributed by atoms with van der Waals surface area (Å²) in [5.41, 5.74) is 2.39. The summed E-state index contributed by atoms with van der Waals surface area (Å²) in [4.78, 5) is 16.3. The molecule has 0 aliphatic carbocycles. The van der Waals surface area contributed by atoms with Gasteiger partial charge in [-0.05, 0) is 32.0 Å². The number of para-hydroxylation sites is 1. The molecule has 0 spiro atoms. The van der Waals surface area contributed by atoms with Gasteiger partial charge in [0.2, 0.25) is 0 Å². The van der Waals surface area contributed by atoms with Crippen molar-refractivity contribution in [1.82, 2.24) is 10.3 Å². The van der Waals surface area contributed by atoms with Crippen LogP contribution in [0, 0.1) is 6.92 Å². The van der Waals surface area contributed by atoms with Crippen molar-refractivity contribution in [3.63, 3.8) is 0 Å². The highest BCUT2D eigenvalue weighted by molar-refractivity contribution is 5.94. The molecule has 4 nitrogen and oxygen atoms in total. The second-order valence-electron chi connectivity index (χ2n) is 4.63. The first-order chi connectivity index (χ1) is 9.61. The lowest BCUT2D eigenvalue weighted by atomic mass is 10.1. The fourth-order valence-corrected chi connectivity index (χ4v) is 1.98. The van der Waals surface area contributed by atoms with E-state index in [9.17, 15) is 4.79 Å². The minimum Gasteiger partial charge on any atom is -0.496 e. The lowest BCUT2D eigenvalue weighted by Crippen LogP contribution is -2.27. The van der Waals surface area contributed by atoms with Crippen LogP contribution in [0.15, 0.2) is 42.6 Å². The molecular weight excluding hydrogens is 252 g/mol. The predicted octanol–water partition coefficient (Wildman–Crippen LogP) is 2.89. The molecule has 0 aliphatic heterocycles. The van der Waals surface area contributed by atoms with Crippen LogP contribution in [0.4, 0.5) is 0 Å². The predicted molar refractivity (Wildman–Crippen MR) is 77.8 cm³/mol. The van der Waals surface area contributed by atoms with E-state index in [0.29, 0.717) is 5.56 Å². The van der Waals surface area contributed by atoms with Crippen molar-refractivity contribution in [2.24, 2.45) is 0 Å². The topological polar surface area (TPSA) is 51.2 Å².